The molecule has 9 heteroatoms. The van der Waals surface area contributed by atoms with Crippen LogP contribution in [0.2, 0.25) is 0 Å². The predicted octanol–water partition coefficient (Wildman–Crippen LogP) is 1.23. The minimum Gasteiger partial charge on any atom is -0.352 e. The van der Waals surface area contributed by atoms with E-state index in [1.165, 1.54) is 36.0 Å². The number of hydrogen-bond acceptors (Lipinski definition) is 6. The largest absolute Gasteiger partial charge is 0.352 e. The van der Waals surface area contributed by atoms with Gasteiger partial charge < -0.3 is 5.32 Å². The van der Waals surface area contributed by atoms with Gasteiger partial charge in [0.25, 0.3) is 11.6 Å². The lowest BCUT2D eigenvalue weighted by molar-refractivity contribution is -0.384. The fraction of sp³-hybridized carbons (Fsp3) is 0.250. The van der Waals surface area contributed by atoms with E-state index in [-0.39, 0.29) is 27.5 Å². The highest BCUT2D eigenvalue weighted by Crippen LogP contribution is 2.19. The molecule has 1 aromatic rings. The Morgan fingerprint density at radius 3 is 2.57 bits per heavy atom. The molecule has 1 fully saturated rings. The molecule has 1 atom stereocenters. The van der Waals surface area contributed by atoms with Crippen LogP contribution < -0.4 is 10.6 Å². The molecule has 0 spiro atoms. The summed E-state index contributed by atoms with van der Waals surface area (Å²) < 4.78 is 0. The first kappa shape index (κ1) is 15.4. The van der Waals surface area contributed by atoms with Crippen LogP contribution in [0.25, 0.3) is 0 Å². The fourth-order valence-electron chi connectivity index (χ4n) is 1.73. The Labute approximate surface area is 129 Å². The zero-order valence-corrected chi connectivity index (χ0v) is 12.3. The Morgan fingerprint density at radius 2 is 2.05 bits per heavy atom. The molecule has 110 valence electrons. The van der Waals surface area contributed by atoms with Crippen LogP contribution in [-0.4, -0.2) is 32.9 Å². The van der Waals surface area contributed by atoms with Crippen molar-refractivity contribution >= 4 is 45.8 Å². The Balaban J connectivity index is 1.92. The van der Waals surface area contributed by atoms with Crippen LogP contribution in [0.3, 0.4) is 0 Å². The molecular formula is C12H11N3O4S2. The second-order valence-corrected chi connectivity index (χ2v) is 5.75. The lowest BCUT2D eigenvalue weighted by Crippen LogP contribution is -2.45. The summed E-state index contributed by atoms with van der Waals surface area (Å²) in [6, 6.07) is 4.78. The smallest absolute Gasteiger partial charge is 0.269 e. The van der Waals surface area contributed by atoms with Gasteiger partial charge in [0, 0.05) is 23.4 Å². The predicted molar refractivity (Wildman–Crippen MR) is 82.2 cm³/mol. The van der Waals surface area contributed by atoms with E-state index in [1.54, 1.807) is 0 Å². The minimum atomic E-state index is -0.544. The number of nitro groups is 1. The van der Waals surface area contributed by atoms with Gasteiger partial charge in [0.2, 0.25) is 5.12 Å². The number of rotatable bonds is 3. The molecule has 1 heterocycles. The number of amides is 1. The molecule has 0 aliphatic carbocycles. The van der Waals surface area contributed by atoms with Crippen LogP contribution in [0.5, 0.6) is 0 Å². The summed E-state index contributed by atoms with van der Waals surface area (Å²) >= 11 is 6.20. The Bertz CT molecular complexity index is 603. The molecule has 1 aliphatic heterocycles. The van der Waals surface area contributed by atoms with E-state index >= 15 is 0 Å². The first-order valence-corrected chi connectivity index (χ1v) is 7.39. The zero-order valence-electron chi connectivity index (χ0n) is 10.7. The highest BCUT2D eigenvalue weighted by Gasteiger charge is 2.26. The van der Waals surface area contributed by atoms with Crippen molar-refractivity contribution in [1.82, 2.24) is 10.6 Å². The SMILES string of the molecule is O=C(NC(=S)N[C@H]1CCSC1=O)c1ccc([N+](=O)[O-])cc1. The molecule has 0 bridgehead atoms. The zero-order chi connectivity index (χ0) is 15.4. The van der Waals surface area contributed by atoms with Gasteiger partial charge in [0.05, 0.1) is 11.0 Å². The van der Waals surface area contributed by atoms with Crippen molar-refractivity contribution in [1.29, 1.82) is 0 Å². The number of thioether (sulfide) groups is 1. The molecule has 21 heavy (non-hydrogen) atoms. The van der Waals surface area contributed by atoms with Gasteiger partial charge in [0.15, 0.2) is 5.11 Å². The summed E-state index contributed by atoms with van der Waals surface area (Å²) in [6.07, 6.45) is 0.664. The number of nitrogens with one attached hydrogen (secondary N) is 2. The highest BCUT2D eigenvalue weighted by molar-refractivity contribution is 8.14. The number of hydrogen-bond donors (Lipinski definition) is 2. The number of carbonyl (C=O) groups excluding carboxylic acids is 2. The van der Waals surface area contributed by atoms with Crippen LogP contribution in [0.1, 0.15) is 16.8 Å². The van der Waals surface area contributed by atoms with Crippen molar-refractivity contribution in [2.75, 3.05) is 5.75 Å². The molecule has 2 rings (SSSR count). The van der Waals surface area contributed by atoms with Gasteiger partial charge in [0.1, 0.15) is 0 Å². The highest BCUT2D eigenvalue weighted by atomic mass is 32.2. The lowest BCUT2D eigenvalue weighted by Gasteiger charge is -2.13. The first-order chi connectivity index (χ1) is 9.97. The number of thiocarbonyl (C=S) groups is 1. The van der Waals surface area contributed by atoms with Gasteiger partial charge in [-0.2, -0.15) is 0 Å². The molecule has 7 nitrogen and oxygen atoms in total. The number of benzene rings is 1. The molecular weight excluding hydrogens is 314 g/mol. The molecule has 1 aromatic carbocycles. The quantitative estimate of drug-likeness (QED) is 0.489. The summed E-state index contributed by atoms with van der Waals surface area (Å²) in [5.74, 6) is 0.246. The summed E-state index contributed by atoms with van der Waals surface area (Å²) in [5, 5.41) is 15.8. The minimum absolute atomic E-state index is 0.00179. The maximum absolute atomic E-state index is 11.9. The third-order valence-corrected chi connectivity index (χ3v) is 4.04. The summed E-state index contributed by atoms with van der Waals surface area (Å²) in [7, 11) is 0. The maximum Gasteiger partial charge on any atom is 0.269 e. The van der Waals surface area contributed by atoms with Crippen LogP contribution in [0.15, 0.2) is 24.3 Å². The molecule has 2 N–H and O–H groups in total. The van der Waals surface area contributed by atoms with E-state index in [0.29, 0.717) is 6.42 Å². The van der Waals surface area contributed by atoms with Crippen molar-refractivity contribution in [3.63, 3.8) is 0 Å². The maximum atomic E-state index is 11.9. The fourth-order valence-corrected chi connectivity index (χ4v) is 2.90. The summed E-state index contributed by atoms with van der Waals surface area (Å²) in [4.78, 5) is 33.3. The van der Waals surface area contributed by atoms with E-state index in [0.717, 1.165) is 5.75 Å². The Morgan fingerprint density at radius 1 is 1.38 bits per heavy atom. The van der Waals surface area contributed by atoms with Crippen molar-refractivity contribution < 1.29 is 14.5 Å². The van der Waals surface area contributed by atoms with E-state index in [4.69, 9.17) is 12.2 Å². The van der Waals surface area contributed by atoms with Crippen molar-refractivity contribution in [3.05, 3.63) is 39.9 Å². The van der Waals surface area contributed by atoms with Crippen molar-refractivity contribution in [2.45, 2.75) is 12.5 Å². The van der Waals surface area contributed by atoms with Gasteiger partial charge in [-0.05, 0) is 30.8 Å². The number of non-ortho nitro benzene ring substituents is 1. The molecule has 1 saturated heterocycles. The van der Waals surface area contributed by atoms with E-state index in [2.05, 4.69) is 10.6 Å². The average Bonchev–Trinajstić information content (AvgIpc) is 2.84. The molecule has 0 saturated carbocycles. The van der Waals surface area contributed by atoms with Crippen LogP contribution >= 0.6 is 24.0 Å². The summed E-state index contributed by atoms with van der Waals surface area (Å²) in [5.41, 5.74) is 0.151. The standard InChI is InChI=1S/C12H11N3O4S2/c16-10(7-1-3-8(4-2-7)15(18)19)14-12(20)13-9-5-6-21-11(9)17/h1-4,9H,5-6H2,(H2,13,14,16,20)/t9-/m0/s1. The van der Waals surface area contributed by atoms with E-state index in [1.807, 2.05) is 0 Å². The van der Waals surface area contributed by atoms with Crippen molar-refractivity contribution in [3.8, 4) is 0 Å². The van der Waals surface area contributed by atoms with Crippen LogP contribution in [0.4, 0.5) is 5.69 Å². The van der Waals surface area contributed by atoms with Gasteiger partial charge in [-0.15, -0.1) is 0 Å². The first-order valence-electron chi connectivity index (χ1n) is 6.00. The Kier molecular flexibility index (Phi) is 4.86. The monoisotopic (exact) mass is 325 g/mol. The lowest BCUT2D eigenvalue weighted by atomic mass is 10.2. The second-order valence-electron chi connectivity index (χ2n) is 4.24. The number of nitro benzene ring substituents is 1. The van der Waals surface area contributed by atoms with Crippen molar-refractivity contribution in [2.24, 2.45) is 0 Å². The third kappa shape index (κ3) is 3.99. The average molecular weight is 325 g/mol. The topological polar surface area (TPSA) is 101 Å². The number of nitrogens with zero attached hydrogens (tertiary/aromatic N) is 1. The van der Waals surface area contributed by atoms with Crippen LogP contribution in [-0.2, 0) is 4.79 Å². The molecule has 0 radical (unpaired) electrons. The Hall–Kier alpha value is -2.00. The number of carbonyl (C=O) groups is 2. The van der Waals surface area contributed by atoms with Gasteiger partial charge in [-0.3, -0.25) is 25.0 Å². The molecule has 1 amide bonds. The second kappa shape index (κ2) is 6.64. The van der Waals surface area contributed by atoms with Gasteiger partial charge >= 0.3 is 0 Å². The molecule has 0 aromatic heterocycles. The van der Waals surface area contributed by atoms with Gasteiger partial charge in [-0.1, -0.05) is 11.8 Å². The van der Waals surface area contributed by atoms with Crippen LogP contribution in [0, 0.1) is 10.1 Å². The van der Waals surface area contributed by atoms with E-state index < -0.39 is 10.8 Å². The summed E-state index contributed by atoms with van der Waals surface area (Å²) in [6.45, 7) is 0. The molecule has 0 unspecified atom stereocenters. The van der Waals surface area contributed by atoms with E-state index in [9.17, 15) is 19.7 Å². The van der Waals surface area contributed by atoms with Gasteiger partial charge in [-0.25, -0.2) is 0 Å². The third-order valence-electron chi connectivity index (χ3n) is 2.81. The molecule has 1 aliphatic rings. The normalized spacial score (nSPS) is 17.3.